The maximum absolute atomic E-state index is 5.55. The molecule has 0 N–H and O–H groups in total. The number of alkyl halides is 1. The highest BCUT2D eigenvalue weighted by atomic mass is 35.5. The van der Waals surface area contributed by atoms with Crippen molar-refractivity contribution in [3.63, 3.8) is 0 Å². The van der Waals surface area contributed by atoms with E-state index in [1.807, 2.05) is 26.8 Å². The quantitative estimate of drug-likeness (QED) is 0.366. The molecule has 12 heavy (non-hydrogen) atoms. The second-order valence-electron chi connectivity index (χ2n) is 2.35. The van der Waals surface area contributed by atoms with Crippen LogP contribution in [0, 0.1) is 0 Å². The molecular formula is C9H17ClO2. The van der Waals surface area contributed by atoms with Crippen LogP contribution in [0.25, 0.3) is 0 Å². The van der Waals surface area contributed by atoms with Gasteiger partial charge in [0.25, 0.3) is 0 Å². The Hall–Kier alpha value is -0.0500. The van der Waals surface area contributed by atoms with Gasteiger partial charge in [-0.25, -0.2) is 0 Å². The third-order valence-electron chi connectivity index (χ3n) is 1.41. The van der Waals surface area contributed by atoms with Gasteiger partial charge in [-0.05, 0) is 26.3 Å². The van der Waals surface area contributed by atoms with Gasteiger partial charge in [-0.15, -0.1) is 11.6 Å². The first-order valence-corrected chi connectivity index (χ1v) is 4.75. The lowest BCUT2D eigenvalue weighted by Gasteiger charge is -2.17. The minimum atomic E-state index is -0.223. The van der Waals surface area contributed by atoms with Gasteiger partial charge < -0.3 is 9.47 Å². The minimum absolute atomic E-state index is 0.223. The van der Waals surface area contributed by atoms with E-state index in [1.54, 1.807) is 0 Å². The summed E-state index contributed by atoms with van der Waals surface area (Å²) in [5.74, 6) is 0.502. The van der Waals surface area contributed by atoms with Crippen LogP contribution in [0.1, 0.15) is 20.8 Å². The molecule has 0 aliphatic rings. The van der Waals surface area contributed by atoms with Gasteiger partial charge in [-0.3, -0.25) is 0 Å². The van der Waals surface area contributed by atoms with E-state index in [1.165, 1.54) is 0 Å². The average Bonchev–Trinajstić information content (AvgIpc) is 2.04. The highest BCUT2D eigenvalue weighted by Crippen LogP contribution is 2.08. The molecule has 0 unspecified atom stereocenters. The summed E-state index contributed by atoms with van der Waals surface area (Å²) in [6.07, 6.45) is 1.68. The lowest BCUT2D eigenvalue weighted by Crippen LogP contribution is -2.18. The molecule has 3 heteroatoms. The predicted molar refractivity (Wildman–Crippen MR) is 51.5 cm³/mol. The smallest absolute Gasteiger partial charge is 0.179 e. The summed E-state index contributed by atoms with van der Waals surface area (Å²) in [7, 11) is 0. The molecule has 0 saturated carbocycles. The zero-order valence-corrected chi connectivity index (χ0v) is 8.73. The van der Waals surface area contributed by atoms with E-state index in [2.05, 4.69) is 0 Å². The van der Waals surface area contributed by atoms with E-state index in [-0.39, 0.29) is 6.29 Å². The van der Waals surface area contributed by atoms with Crippen molar-refractivity contribution in [1.29, 1.82) is 0 Å². The Morgan fingerprint density at radius 3 is 2.17 bits per heavy atom. The molecule has 0 amide bonds. The monoisotopic (exact) mass is 192 g/mol. The molecule has 0 spiro atoms. The molecule has 0 aliphatic carbocycles. The second-order valence-corrected chi connectivity index (χ2v) is 2.65. The van der Waals surface area contributed by atoms with E-state index in [0.29, 0.717) is 19.1 Å². The van der Waals surface area contributed by atoms with E-state index in [4.69, 9.17) is 21.1 Å². The highest BCUT2D eigenvalue weighted by molar-refractivity contribution is 6.18. The third-order valence-corrected chi connectivity index (χ3v) is 1.56. The van der Waals surface area contributed by atoms with Crippen molar-refractivity contribution >= 4 is 11.6 Å². The molecule has 72 valence electrons. The fraction of sp³-hybridized carbons (Fsp3) is 0.778. The van der Waals surface area contributed by atoms with Crippen LogP contribution in [0.3, 0.4) is 0 Å². The van der Waals surface area contributed by atoms with Crippen LogP contribution in [-0.2, 0) is 9.47 Å². The second kappa shape index (κ2) is 7.59. The summed E-state index contributed by atoms with van der Waals surface area (Å²) >= 11 is 5.55. The third kappa shape index (κ3) is 4.75. The number of rotatable bonds is 6. The summed E-state index contributed by atoms with van der Waals surface area (Å²) < 4.78 is 10.7. The number of allylic oxidation sites excluding steroid dienone is 1. The zero-order chi connectivity index (χ0) is 9.40. The summed E-state index contributed by atoms with van der Waals surface area (Å²) in [6, 6.07) is 0. The average molecular weight is 193 g/mol. The topological polar surface area (TPSA) is 18.5 Å². The lowest BCUT2D eigenvalue weighted by molar-refractivity contribution is -0.111. The molecule has 0 aromatic carbocycles. The van der Waals surface area contributed by atoms with Gasteiger partial charge in [0.05, 0.1) is 0 Å². The van der Waals surface area contributed by atoms with Crippen molar-refractivity contribution < 1.29 is 9.47 Å². The van der Waals surface area contributed by atoms with Gasteiger partial charge in [0.15, 0.2) is 6.29 Å². The molecule has 0 radical (unpaired) electrons. The van der Waals surface area contributed by atoms with Crippen molar-refractivity contribution in [2.75, 3.05) is 19.1 Å². The molecule has 0 atom stereocenters. The molecule has 0 rings (SSSR count). The molecule has 0 aliphatic heterocycles. The summed E-state index contributed by atoms with van der Waals surface area (Å²) in [5, 5.41) is 0. The Kier molecular flexibility index (Phi) is 7.56. The molecule has 0 aromatic rings. The first kappa shape index (κ1) is 11.9. The van der Waals surface area contributed by atoms with Gasteiger partial charge in [-0.2, -0.15) is 0 Å². The summed E-state index contributed by atoms with van der Waals surface area (Å²) in [6.45, 7) is 7.15. The maximum Gasteiger partial charge on any atom is 0.179 e. The van der Waals surface area contributed by atoms with Crippen molar-refractivity contribution in [2.45, 2.75) is 27.1 Å². The predicted octanol–water partition coefficient (Wildman–Crippen LogP) is 2.57. The molecule has 0 heterocycles. The lowest BCUT2D eigenvalue weighted by atomic mass is 10.3. The van der Waals surface area contributed by atoms with Crippen LogP contribution in [0.2, 0.25) is 0 Å². The number of hydrogen-bond donors (Lipinski definition) is 0. The van der Waals surface area contributed by atoms with Crippen LogP contribution in [0.15, 0.2) is 11.6 Å². The molecule has 0 fully saturated rings. The minimum Gasteiger partial charge on any atom is -0.349 e. The van der Waals surface area contributed by atoms with Crippen molar-refractivity contribution in [3.05, 3.63) is 11.6 Å². The normalized spacial score (nSPS) is 12.6. The van der Waals surface area contributed by atoms with Crippen LogP contribution < -0.4 is 0 Å². The Balaban J connectivity index is 3.98. The summed E-state index contributed by atoms with van der Waals surface area (Å²) in [5.41, 5.74) is 1.04. The SMILES string of the molecule is CCOC(OCC)C(C)=CCCl. The highest BCUT2D eigenvalue weighted by Gasteiger charge is 2.08. The van der Waals surface area contributed by atoms with E-state index in [0.717, 1.165) is 5.57 Å². The van der Waals surface area contributed by atoms with E-state index >= 15 is 0 Å². The van der Waals surface area contributed by atoms with Gasteiger partial charge in [-0.1, -0.05) is 6.08 Å². The van der Waals surface area contributed by atoms with Crippen LogP contribution in [-0.4, -0.2) is 25.4 Å². The standard InChI is InChI=1S/C9H17ClO2/c1-4-11-9(12-5-2)8(3)6-7-10/h6,9H,4-5,7H2,1-3H3. The number of hydrogen-bond acceptors (Lipinski definition) is 2. The Bertz CT molecular complexity index is 128. The first-order chi connectivity index (χ1) is 5.76. The van der Waals surface area contributed by atoms with E-state index in [9.17, 15) is 0 Å². The molecular weight excluding hydrogens is 176 g/mol. The molecule has 0 bridgehead atoms. The van der Waals surface area contributed by atoms with Crippen LogP contribution in [0.5, 0.6) is 0 Å². The molecule has 0 saturated heterocycles. The van der Waals surface area contributed by atoms with Crippen LogP contribution in [0.4, 0.5) is 0 Å². The van der Waals surface area contributed by atoms with Crippen molar-refractivity contribution in [2.24, 2.45) is 0 Å². The summed E-state index contributed by atoms with van der Waals surface area (Å²) in [4.78, 5) is 0. The van der Waals surface area contributed by atoms with Gasteiger partial charge in [0, 0.05) is 19.1 Å². The van der Waals surface area contributed by atoms with Crippen molar-refractivity contribution in [3.8, 4) is 0 Å². The maximum atomic E-state index is 5.55. The molecule has 0 aromatic heterocycles. The fourth-order valence-electron chi connectivity index (χ4n) is 0.832. The Morgan fingerprint density at radius 1 is 1.33 bits per heavy atom. The van der Waals surface area contributed by atoms with Crippen molar-refractivity contribution in [1.82, 2.24) is 0 Å². The largest absolute Gasteiger partial charge is 0.349 e. The first-order valence-electron chi connectivity index (χ1n) is 4.22. The van der Waals surface area contributed by atoms with Crippen LogP contribution >= 0.6 is 11.6 Å². The van der Waals surface area contributed by atoms with Gasteiger partial charge >= 0.3 is 0 Å². The number of ether oxygens (including phenoxy) is 2. The Morgan fingerprint density at radius 2 is 1.83 bits per heavy atom. The van der Waals surface area contributed by atoms with Gasteiger partial charge in [0.2, 0.25) is 0 Å². The zero-order valence-electron chi connectivity index (χ0n) is 7.97. The fourth-order valence-corrected chi connectivity index (χ4v) is 1.08. The molecule has 2 nitrogen and oxygen atoms in total. The number of halogens is 1. The van der Waals surface area contributed by atoms with Gasteiger partial charge in [0.1, 0.15) is 0 Å². The Labute approximate surface area is 79.5 Å². The van der Waals surface area contributed by atoms with E-state index < -0.39 is 0 Å².